The number of halogens is 3. The molecular formula is C13H7Br2ClN2. The summed E-state index contributed by atoms with van der Waals surface area (Å²) in [7, 11) is 0. The van der Waals surface area contributed by atoms with E-state index in [0.717, 1.165) is 14.6 Å². The molecule has 5 heteroatoms. The highest BCUT2D eigenvalue weighted by Crippen LogP contribution is 2.31. The average molecular weight is 386 g/mol. The van der Waals surface area contributed by atoms with Crippen molar-refractivity contribution in [3.63, 3.8) is 0 Å². The van der Waals surface area contributed by atoms with Gasteiger partial charge in [-0.05, 0) is 36.4 Å². The largest absolute Gasteiger partial charge is 0.353 e. The van der Waals surface area contributed by atoms with Crippen molar-refractivity contribution < 1.29 is 0 Å². The number of nitriles is 1. The molecule has 0 saturated carbocycles. The number of nitrogens with one attached hydrogen (secondary N) is 1. The fourth-order valence-electron chi connectivity index (χ4n) is 1.46. The van der Waals surface area contributed by atoms with E-state index in [9.17, 15) is 0 Å². The van der Waals surface area contributed by atoms with Crippen LogP contribution < -0.4 is 5.32 Å². The van der Waals surface area contributed by atoms with Gasteiger partial charge in [-0.1, -0.05) is 43.5 Å². The van der Waals surface area contributed by atoms with E-state index in [2.05, 4.69) is 43.2 Å². The van der Waals surface area contributed by atoms with Crippen molar-refractivity contribution in [3.05, 3.63) is 55.9 Å². The minimum absolute atomic E-state index is 0.564. The topological polar surface area (TPSA) is 35.8 Å². The van der Waals surface area contributed by atoms with Gasteiger partial charge in [0.25, 0.3) is 0 Å². The van der Waals surface area contributed by atoms with Crippen LogP contribution in [0, 0.1) is 11.3 Å². The van der Waals surface area contributed by atoms with Gasteiger partial charge in [0.15, 0.2) is 0 Å². The van der Waals surface area contributed by atoms with Crippen LogP contribution in [0.3, 0.4) is 0 Å². The Morgan fingerprint density at radius 2 is 1.61 bits per heavy atom. The average Bonchev–Trinajstić information content (AvgIpc) is 2.34. The van der Waals surface area contributed by atoms with Crippen molar-refractivity contribution in [1.82, 2.24) is 0 Å². The van der Waals surface area contributed by atoms with Crippen LogP contribution in [0.1, 0.15) is 5.56 Å². The summed E-state index contributed by atoms with van der Waals surface area (Å²) in [5.41, 5.74) is 2.03. The SMILES string of the molecule is N#Cc1ccc(Br)cc1Nc1cc(Br)ccc1Cl. The predicted molar refractivity (Wildman–Crippen MR) is 81.3 cm³/mol. The first-order valence-electron chi connectivity index (χ1n) is 5.02. The third-order valence-electron chi connectivity index (χ3n) is 2.30. The van der Waals surface area contributed by atoms with Gasteiger partial charge in [-0.3, -0.25) is 0 Å². The highest BCUT2D eigenvalue weighted by atomic mass is 79.9. The Bertz CT molecular complexity index is 635. The summed E-state index contributed by atoms with van der Waals surface area (Å²) in [5, 5.41) is 12.8. The Kier molecular flexibility index (Phi) is 4.28. The van der Waals surface area contributed by atoms with E-state index in [-0.39, 0.29) is 0 Å². The number of hydrogen-bond acceptors (Lipinski definition) is 2. The summed E-state index contributed by atoms with van der Waals surface area (Å²) in [5.74, 6) is 0. The van der Waals surface area contributed by atoms with Gasteiger partial charge in [0.2, 0.25) is 0 Å². The van der Waals surface area contributed by atoms with E-state index in [1.54, 1.807) is 12.1 Å². The summed E-state index contributed by atoms with van der Waals surface area (Å²) in [6.07, 6.45) is 0. The lowest BCUT2D eigenvalue weighted by Gasteiger charge is -2.10. The molecule has 0 heterocycles. The summed E-state index contributed by atoms with van der Waals surface area (Å²) in [4.78, 5) is 0. The fraction of sp³-hybridized carbons (Fsp3) is 0. The van der Waals surface area contributed by atoms with Gasteiger partial charge in [-0.15, -0.1) is 0 Å². The molecule has 0 bridgehead atoms. The van der Waals surface area contributed by atoms with Crippen LogP contribution >= 0.6 is 43.5 Å². The van der Waals surface area contributed by atoms with Gasteiger partial charge >= 0.3 is 0 Å². The molecule has 0 aliphatic carbocycles. The van der Waals surface area contributed by atoms with E-state index in [1.807, 2.05) is 24.3 Å². The highest BCUT2D eigenvalue weighted by Gasteiger charge is 2.06. The zero-order chi connectivity index (χ0) is 13.1. The number of rotatable bonds is 2. The van der Waals surface area contributed by atoms with Crippen molar-refractivity contribution in [2.45, 2.75) is 0 Å². The van der Waals surface area contributed by atoms with Crippen LogP contribution in [-0.4, -0.2) is 0 Å². The second-order valence-electron chi connectivity index (χ2n) is 3.55. The van der Waals surface area contributed by atoms with Gasteiger partial charge in [0.05, 0.1) is 22.0 Å². The molecule has 2 aromatic rings. The Balaban J connectivity index is 2.43. The molecule has 0 radical (unpaired) electrons. The first kappa shape index (κ1) is 13.4. The van der Waals surface area contributed by atoms with Crippen molar-refractivity contribution in [3.8, 4) is 6.07 Å². The summed E-state index contributed by atoms with van der Waals surface area (Å²) < 4.78 is 1.82. The summed E-state index contributed by atoms with van der Waals surface area (Å²) in [6, 6.07) is 13.1. The molecule has 0 unspecified atom stereocenters. The first-order valence-corrected chi connectivity index (χ1v) is 6.98. The second-order valence-corrected chi connectivity index (χ2v) is 5.79. The normalized spacial score (nSPS) is 9.89. The Morgan fingerprint density at radius 3 is 2.28 bits per heavy atom. The summed E-state index contributed by atoms with van der Waals surface area (Å²) >= 11 is 12.9. The van der Waals surface area contributed by atoms with Crippen LogP contribution in [0.25, 0.3) is 0 Å². The fourth-order valence-corrected chi connectivity index (χ4v) is 2.34. The molecule has 0 aliphatic rings. The Hall–Kier alpha value is -1.02. The van der Waals surface area contributed by atoms with Crippen molar-refractivity contribution in [2.24, 2.45) is 0 Å². The molecule has 2 nitrogen and oxygen atoms in total. The van der Waals surface area contributed by atoms with E-state index in [0.29, 0.717) is 16.3 Å². The molecule has 0 aliphatic heterocycles. The molecule has 0 atom stereocenters. The van der Waals surface area contributed by atoms with Crippen LogP contribution in [0.15, 0.2) is 45.3 Å². The smallest absolute Gasteiger partial charge is 0.101 e. The zero-order valence-corrected chi connectivity index (χ0v) is 13.0. The third-order valence-corrected chi connectivity index (χ3v) is 3.62. The molecule has 2 aromatic carbocycles. The van der Waals surface area contributed by atoms with Gasteiger partial charge in [0.1, 0.15) is 6.07 Å². The van der Waals surface area contributed by atoms with Gasteiger partial charge in [-0.25, -0.2) is 0 Å². The van der Waals surface area contributed by atoms with Crippen LogP contribution in [0.4, 0.5) is 11.4 Å². The number of anilines is 2. The lowest BCUT2D eigenvalue weighted by molar-refractivity contribution is 1.45. The highest BCUT2D eigenvalue weighted by molar-refractivity contribution is 9.10. The van der Waals surface area contributed by atoms with Gasteiger partial charge in [0, 0.05) is 8.95 Å². The number of benzene rings is 2. The maximum atomic E-state index is 9.06. The maximum Gasteiger partial charge on any atom is 0.101 e. The van der Waals surface area contributed by atoms with E-state index in [4.69, 9.17) is 16.9 Å². The monoisotopic (exact) mass is 384 g/mol. The second kappa shape index (κ2) is 5.75. The van der Waals surface area contributed by atoms with E-state index >= 15 is 0 Å². The Labute approximate surface area is 127 Å². The molecular weight excluding hydrogens is 379 g/mol. The maximum absolute atomic E-state index is 9.06. The minimum Gasteiger partial charge on any atom is -0.353 e. The van der Waals surface area contributed by atoms with Gasteiger partial charge < -0.3 is 5.32 Å². The molecule has 0 saturated heterocycles. The van der Waals surface area contributed by atoms with Crippen LogP contribution in [0.5, 0.6) is 0 Å². The summed E-state index contributed by atoms with van der Waals surface area (Å²) in [6.45, 7) is 0. The third kappa shape index (κ3) is 3.05. The molecule has 90 valence electrons. The Morgan fingerprint density at radius 1 is 1.00 bits per heavy atom. The van der Waals surface area contributed by atoms with Crippen molar-refractivity contribution in [1.29, 1.82) is 5.26 Å². The molecule has 0 spiro atoms. The molecule has 18 heavy (non-hydrogen) atoms. The van der Waals surface area contributed by atoms with Crippen LogP contribution in [0.2, 0.25) is 5.02 Å². The molecule has 2 rings (SSSR count). The lowest BCUT2D eigenvalue weighted by atomic mass is 10.2. The lowest BCUT2D eigenvalue weighted by Crippen LogP contribution is -1.94. The standard InChI is InChI=1S/C13H7Br2ClN2/c14-9-2-1-8(7-17)12(5-9)18-13-6-10(15)3-4-11(13)16/h1-6,18H. The molecule has 0 fully saturated rings. The molecule has 0 amide bonds. The van der Waals surface area contributed by atoms with Gasteiger partial charge in [-0.2, -0.15) is 5.26 Å². The number of hydrogen-bond donors (Lipinski definition) is 1. The van der Waals surface area contributed by atoms with E-state index < -0.39 is 0 Å². The first-order chi connectivity index (χ1) is 8.60. The molecule has 0 aromatic heterocycles. The van der Waals surface area contributed by atoms with Crippen LogP contribution in [-0.2, 0) is 0 Å². The van der Waals surface area contributed by atoms with Crippen molar-refractivity contribution in [2.75, 3.05) is 5.32 Å². The predicted octanol–water partition coefficient (Wildman–Crippen LogP) is 5.48. The molecule has 1 N–H and O–H groups in total. The minimum atomic E-state index is 0.564. The number of nitrogens with zero attached hydrogens (tertiary/aromatic N) is 1. The quantitative estimate of drug-likeness (QED) is 0.742. The zero-order valence-electron chi connectivity index (χ0n) is 9.05. The van der Waals surface area contributed by atoms with Crippen molar-refractivity contribution >= 4 is 54.8 Å². The van der Waals surface area contributed by atoms with E-state index in [1.165, 1.54) is 0 Å².